The molecule has 0 N–H and O–H groups in total. The lowest BCUT2D eigenvalue weighted by Gasteiger charge is -2.52. The summed E-state index contributed by atoms with van der Waals surface area (Å²) in [5, 5.41) is 0. The van der Waals surface area contributed by atoms with Crippen molar-refractivity contribution in [1.82, 2.24) is 0 Å². The minimum Gasteiger partial charge on any atom is -0.416 e. The summed E-state index contributed by atoms with van der Waals surface area (Å²) >= 11 is 0. The molecule has 360 valence electrons. The number of hydrogen-bond acceptors (Lipinski definition) is 10. The fourth-order valence-corrected chi connectivity index (χ4v) is 50.3. The Morgan fingerprint density at radius 3 is 0.862 bits per heavy atom. The van der Waals surface area contributed by atoms with E-state index in [0.29, 0.717) is 48.8 Å². The summed E-state index contributed by atoms with van der Waals surface area (Å²) in [5.41, 5.74) is 0.396. The van der Waals surface area contributed by atoms with Crippen molar-refractivity contribution in [3.63, 3.8) is 0 Å². The van der Waals surface area contributed by atoms with E-state index in [4.69, 9.17) is 44.3 Å². The van der Waals surface area contributed by atoms with E-state index in [1.165, 1.54) is 109 Å². The van der Waals surface area contributed by atoms with Crippen LogP contribution in [-0.2, 0) is 44.3 Å². The van der Waals surface area contributed by atoms with Crippen molar-refractivity contribution in [3.05, 3.63) is 0 Å². The first-order chi connectivity index (χ1) is 31.1. The van der Waals surface area contributed by atoms with Gasteiger partial charge in [-0.15, -0.1) is 0 Å². The second-order valence-corrected chi connectivity index (χ2v) is 45.7. The van der Waals surface area contributed by atoms with Crippen molar-refractivity contribution in [3.8, 4) is 0 Å². The molecule has 10 aliphatic carbocycles. The van der Waals surface area contributed by atoms with E-state index in [-0.39, 0.29) is 11.2 Å². The number of rotatable bonds is 15. The molecule has 0 radical (unpaired) electrons. The average Bonchev–Trinajstić information content (AvgIpc) is 3.71. The van der Waals surface area contributed by atoms with Gasteiger partial charge >= 0.3 is 42.8 Å². The highest BCUT2D eigenvalue weighted by Crippen LogP contribution is 2.67. The fourth-order valence-electron chi connectivity index (χ4n) is 20.8. The molecule has 8 saturated heterocycles. The van der Waals surface area contributed by atoms with Crippen LogP contribution in [0.3, 0.4) is 0 Å². The van der Waals surface area contributed by atoms with Gasteiger partial charge in [0.25, 0.3) is 0 Å². The van der Waals surface area contributed by atoms with Gasteiger partial charge in [-0.3, -0.25) is 0 Å². The summed E-state index contributed by atoms with van der Waals surface area (Å²) in [6.07, 6.45) is 26.2. The van der Waals surface area contributed by atoms with Crippen LogP contribution in [-0.4, -0.2) is 103 Å². The van der Waals surface area contributed by atoms with Crippen LogP contribution in [0.1, 0.15) is 109 Å². The molecule has 0 aromatic carbocycles. The molecule has 12 bridgehead atoms. The summed E-state index contributed by atoms with van der Waals surface area (Å²) in [6.45, 7) is 12.5. The first kappa shape index (κ1) is 42.2. The third kappa shape index (κ3) is 6.71. The second-order valence-electron chi connectivity index (χ2n) is 27.8. The molecule has 27 unspecified atom stereocenters. The van der Waals surface area contributed by atoms with Gasteiger partial charge < -0.3 is 44.3 Å². The van der Waals surface area contributed by atoms with Crippen LogP contribution in [0.5, 0.6) is 0 Å². The molecular formula is C50H80O10Si5. The van der Waals surface area contributed by atoms with Crippen LogP contribution in [0.15, 0.2) is 0 Å². The highest BCUT2D eigenvalue weighted by Gasteiger charge is 2.70. The highest BCUT2D eigenvalue weighted by atomic mass is 28.5. The topological polar surface area (TPSA) is 102 Å². The SMILES string of the molecule is C[Si]1(CCC2CC34CC(O3)C2C4)O[Si](C)(CCC2CC34CC(O3)C2C4)O[Si](C)(CCC2CC3CC2C2OC32)O[Si](C)(CCC2CC3CC2C2OC32)O[Si](C)(CCC2CC3CC2C2OC32)O1. The molecule has 18 fully saturated rings. The van der Waals surface area contributed by atoms with Gasteiger partial charge in [-0.1, -0.05) is 0 Å². The summed E-state index contributed by atoms with van der Waals surface area (Å²) in [6, 6.07) is 5.23. The lowest BCUT2D eigenvalue weighted by Crippen LogP contribution is -2.67. The van der Waals surface area contributed by atoms with E-state index in [1.807, 2.05) is 0 Å². The van der Waals surface area contributed by atoms with Crippen LogP contribution >= 0.6 is 0 Å². The molecule has 65 heavy (non-hydrogen) atoms. The molecule has 27 atom stereocenters. The van der Waals surface area contributed by atoms with Crippen LogP contribution < -0.4 is 0 Å². The second kappa shape index (κ2) is 13.8. The minimum absolute atomic E-state index is 0.198. The zero-order valence-corrected chi connectivity index (χ0v) is 45.3. The van der Waals surface area contributed by atoms with E-state index in [9.17, 15) is 0 Å². The lowest BCUT2D eigenvalue weighted by molar-refractivity contribution is -0.192. The van der Waals surface area contributed by atoms with Crippen molar-refractivity contribution < 1.29 is 44.3 Å². The zero-order chi connectivity index (χ0) is 43.3. The summed E-state index contributed by atoms with van der Waals surface area (Å²) < 4.78 is 72.3. The van der Waals surface area contributed by atoms with Gasteiger partial charge in [0, 0.05) is 12.8 Å². The highest BCUT2D eigenvalue weighted by molar-refractivity contribution is 6.94. The first-order valence-electron chi connectivity index (χ1n) is 27.9. The Labute approximate surface area is 394 Å². The van der Waals surface area contributed by atoms with Crippen molar-refractivity contribution in [2.24, 2.45) is 76.9 Å². The Bertz CT molecular complexity index is 1740. The molecule has 18 aliphatic rings. The van der Waals surface area contributed by atoms with Crippen LogP contribution in [0.25, 0.3) is 0 Å². The number of hydrogen-bond donors (Lipinski definition) is 0. The Balaban J connectivity index is 0.739. The van der Waals surface area contributed by atoms with Gasteiger partial charge in [0.15, 0.2) is 0 Å². The third-order valence-electron chi connectivity index (χ3n) is 23.3. The number of fused-ring (bicyclic) bond motifs is 15. The van der Waals surface area contributed by atoms with Crippen molar-refractivity contribution in [2.75, 3.05) is 0 Å². The Kier molecular flexibility index (Phi) is 8.99. The Hall–Kier alpha value is 0.684. The number of epoxide rings is 3. The van der Waals surface area contributed by atoms with Crippen molar-refractivity contribution in [1.29, 1.82) is 0 Å². The predicted molar refractivity (Wildman–Crippen MR) is 253 cm³/mol. The lowest BCUT2D eigenvalue weighted by atomic mass is 9.79. The van der Waals surface area contributed by atoms with Crippen molar-refractivity contribution in [2.45, 2.75) is 232 Å². The molecule has 8 aliphatic heterocycles. The molecule has 0 aromatic rings. The fraction of sp³-hybridized carbons (Fsp3) is 1.00. The van der Waals surface area contributed by atoms with E-state index >= 15 is 0 Å². The van der Waals surface area contributed by atoms with Gasteiger partial charge in [-0.2, -0.15) is 0 Å². The Morgan fingerprint density at radius 2 is 0.631 bits per heavy atom. The summed E-state index contributed by atoms with van der Waals surface area (Å²) in [7, 11) is -14.3. The minimum atomic E-state index is -2.86. The summed E-state index contributed by atoms with van der Waals surface area (Å²) in [4.78, 5) is 0. The maximum absolute atomic E-state index is 8.14. The predicted octanol–water partition coefficient (Wildman–Crippen LogP) is 9.80. The molecule has 8 heterocycles. The van der Waals surface area contributed by atoms with Gasteiger partial charge in [-0.05, 0) is 236 Å². The smallest absolute Gasteiger partial charge is 0.317 e. The molecule has 0 amide bonds. The Morgan fingerprint density at radius 1 is 0.338 bits per heavy atom. The number of ether oxygens (including phenoxy) is 5. The summed E-state index contributed by atoms with van der Waals surface area (Å²) in [5.74, 6) is 9.68. The van der Waals surface area contributed by atoms with Crippen LogP contribution in [0.2, 0.25) is 63.0 Å². The molecule has 10 saturated carbocycles. The van der Waals surface area contributed by atoms with Gasteiger partial charge in [0.05, 0.1) is 60.0 Å². The molecule has 10 nitrogen and oxygen atoms in total. The largest absolute Gasteiger partial charge is 0.416 e. The maximum Gasteiger partial charge on any atom is 0.317 e. The van der Waals surface area contributed by atoms with E-state index in [1.54, 1.807) is 0 Å². The first-order valence-corrected chi connectivity index (χ1v) is 40.6. The standard InChI is InChI=1S/C50H80O10Si5/c1-61(11-6-28-16-33-19-36(28)46-43(33)51-46)56-62(2,12-7-29-17-34-20-37(29)47-44(34)52-47)58-64(4,14-9-31-22-49-24-39(31)41(26-49)54-49)60-65(5,15-10-32-23-50-25-40(32)42(27-50)55-50)59-63(3,57-61)13-8-30-18-35-21-38(30)48-45(35)53-48/h28-48H,6-27H2,1-5H3. The van der Waals surface area contributed by atoms with Gasteiger partial charge in [0.1, 0.15) is 0 Å². The molecule has 2 spiro atoms. The zero-order valence-electron chi connectivity index (χ0n) is 40.3. The molecule has 0 aromatic heterocycles. The van der Waals surface area contributed by atoms with Gasteiger partial charge in [-0.25, -0.2) is 0 Å². The molecule has 15 heteroatoms. The van der Waals surface area contributed by atoms with Crippen LogP contribution in [0.4, 0.5) is 0 Å². The van der Waals surface area contributed by atoms with E-state index < -0.39 is 42.8 Å². The normalized spacial score (nSPS) is 65.8. The van der Waals surface area contributed by atoms with Gasteiger partial charge in [0.2, 0.25) is 0 Å². The quantitative estimate of drug-likeness (QED) is 0.117. The monoisotopic (exact) mass is 980 g/mol. The van der Waals surface area contributed by atoms with Crippen LogP contribution in [0, 0.1) is 76.9 Å². The maximum atomic E-state index is 8.14. The average molecular weight is 982 g/mol. The van der Waals surface area contributed by atoms with Crippen molar-refractivity contribution >= 4 is 42.8 Å². The van der Waals surface area contributed by atoms with E-state index in [0.717, 1.165) is 107 Å². The molecular weight excluding hydrogens is 901 g/mol. The van der Waals surface area contributed by atoms with E-state index in [2.05, 4.69) is 32.7 Å². The molecule has 18 rings (SSSR count). The third-order valence-corrected chi connectivity index (χ3v) is 46.6.